The highest BCUT2D eigenvalue weighted by atomic mass is 16.5. The number of aliphatic hydroxyl groups is 1. The molecule has 0 saturated heterocycles. The number of hydrogen-bond donors (Lipinski definition) is 2. The zero-order valence-corrected chi connectivity index (χ0v) is 9.68. The van der Waals surface area contributed by atoms with Crippen LogP contribution in [0.3, 0.4) is 0 Å². The second kappa shape index (κ2) is 6.21. The van der Waals surface area contributed by atoms with Crippen LogP contribution >= 0.6 is 0 Å². The molecule has 0 aromatic heterocycles. The summed E-state index contributed by atoms with van der Waals surface area (Å²) in [5.74, 6) is -2.04. The van der Waals surface area contributed by atoms with E-state index in [0.29, 0.717) is 0 Å². The first-order valence-corrected chi connectivity index (χ1v) is 5.59. The van der Waals surface area contributed by atoms with E-state index in [1.807, 2.05) is 0 Å². The molecule has 1 aliphatic rings. The molecule has 0 heterocycles. The number of aliphatic hydroxyl groups excluding tert-OH is 1. The molecular weight excluding hydrogens is 224 g/mol. The highest BCUT2D eigenvalue weighted by Gasteiger charge is 2.42. The fraction of sp³-hybridized carbons (Fsp3) is 0.727. The first-order valence-electron chi connectivity index (χ1n) is 5.59. The predicted molar refractivity (Wildman–Crippen MR) is 57.5 cm³/mol. The van der Waals surface area contributed by atoms with Crippen LogP contribution in [0.25, 0.3) is 0 Å². The Kier molecular flexibility index (Phi) is 4.91. The fourth-order valence-corrected chi connectivity index (χ4v) is 2.07. The van der Waals surface area contributed by atoms with E-state index >= 15 is 0 Å². The van der Waals surface area contributed by atoms with Crippen LogP contribution in [0.1, 0.15) is 19.8 Å². The molecule has 1 saturated carbocycles. The summed E-state index contributed by atoms with van der Waals surface area (Å²) >= 11 is 0. The first kappa shape index (κ1) is 13.5. The number of amides is 1. The van der Waals surface area contributed by atoms with Crippen molar-refractivity contribution in [2.24, 2.45) is 11.8 Å². The lowest BCUT2D eigenvalue weighted by molar-refractivity contribution is -0.151. The van der Waals surface area contributed by atoms with E-state index < -0.39 is 23.9 Å². The van der Waals surface area contributed by atoms with Crippen LogP contribution in [0, 0.1) is 23.2 Å². The Labute approximate surface area is 99.6 Å². The van der Waals surface area contributed by atoms with Gasteiger partial charge in [-0.3, -0.25) is 9.59 Å². The molecule has 0 aromatic carbocycles. The van der Waals surface area contributed by atoms with Gasteiger partial charge in [-0.05, 0) is 19.8 Å². The maximum Gasteiger partial charge on any atom is 0.309 e. The number of carbonyl (C=O) groups excluding carboxylic acids is 2. The lowest BCUT2D eigenvalue weighted by Crippen LogP contribution is -2.36. The van der Waals surface area contributed by atoms with E-state index in [-0.39, 0.29) is 31.9 Å². The largest absolute Gasteiger partial charge is 0.466 e. The van der Waals surface area contributed by atoms with Gasteiger partial charge in [0.2, 0.25) is 5.91 Å². The van der Waals surface area contributed by atoms with Crippen molar-refractivity contribution in [1.29, 1.82) is 5.26 Å². The second-order valence-corrected chi connectivity index (χ2v) is 3.97. The summed E-state index contributed by atoms with van der Waals surface area (Å²) in [6.45, 7) is 1.84. The Hall–Kier alpha value is -1.61. The molecule has 1 fully saturated rings. The summed E-state index contributed by atoms with van der Waals surface area (Å²) in [5.41, 5.74) is 0. The third-order valence-electron chi connectivity index (χ3n) is 2.81. The third kappa shape index (κ3) is 3.43. The molecule has 3 unspecified atom stereocenters. The Morgan fingerprint density at radius 1 is 1.47 bits per heavy atom. The number of nitrogens with one attached hydrogen (secondary N) is 1. The van der Waals surface area contributed by atoms with Gasteiger partial charge < -0.3 is 15.2 Å². The average molecular weight is 240 g/mol. The number of rotatable bonds is 4. The Balaban J connectivity index is 2.65. The SMILES string of the molecule is CCOC(=O)C1CC(O)CC1C(=O)NCC#N. The maximum absolute atomic E-state index is 11.7. The smallest absolute Gasteiger partial charge is 0.309 e. The number of hydrogen-bond acceptors (Lipinski definition) is 5. The van der Waals surface area contributed by atoms with Crippen molar-refractivity contribution in [2.45, 2.75) is 25.9 Å². The molecule has 0 bridgehead atoms. The van der Waals surface area contributed by atoms with Gasteiger partial charge in [0.25, 0.3) is 0 Å². The zero-order valence-electron chi connectivity index (χ0n) is 9.68. The van der Waals surface area contributed by atoms with Crippen LogP contribution in [0.5, 0.6) is 0 Å². The van der Waals surface area contributed by atoms with Gasteiger partial charge in [-0.2, -0.15) is 5.26 Å². The molecule has 0 spiro atoms. The van der Waals surface area contributed by atoms with Crippen LogP contribution in [-0.2, 0) is 14.3 Å². The summed E-state index contributed by atoms with van der Waals surface area (Å²) in [4.78, 5) is 23.3. The molecule has 94 valence electrons. The normalized spacial score (nSPS) is 27.2. The number of ether oxygens (including phenoxy) is 1. The molecule has 1 amide bonds. The lowest BCUT2D eigenvalue weighted by Gasteiger charge is -2.16. The summed E-state index contributed by atoms with van der Waals surface area (Å²) in [6, 6.07) is 1.79. The maximum atomic E-state index is 11.7. The molecule has 0 radical (unpaired) electrons. The minimum Gasteiger partial charge on any atom is -0.466 e. The van der Waals surface area contributed by atoms with Gasteiger partial charge in [0, 0.05) is 0 Å². The number of nitrogens with zero attached hydrogens (tertiary/aromatic N) is 1. The summed E-state index contributed by atoms with van der Waals surface area (Å²) in [6.07, 6.45) is -0.188. The van der Waals surface area contributed by atoms with Crippen LogP contribution in [0.2, 0.25) is 0 Å². The van der Waals surface area contributed by atoms with Crippen molar-refractivity contribution < 1.29 is 19.4 Å². The molecule has 0 aliphatic heterocycles. The van der Waals surface area contributed by atoms with E-state index in [1.54, 1.807) is 13.0 Å². The van der Waals surface area contributed by atoms with Gasteiger partial charge in [0.05, 0.1) is 30.6 Å². The molecule has 1 rings (SSSR count). The van der Waals surface area contributed by atoms with Gasteiger partial charge in [0.1, 0.15) is 6.54 Å². The van der Waals surface area contributed by atoms with Gasteiger partial charge >= 0.3 is 5.97 Å². The van der Waals surface area contributed by atoms with Gasteiger partial charge in [-0.25, -0.2) is 0 Å². The van der Waals surface area contributed by atoms with Crippen molar-refractivity contribution in [1.82, 2.24) is 5.32 Å². The van der Waals surface area contributed by atoms with Gasteiger partial charge in [-0.15, -0.1) is 0 Å². The highest BCUT2D eigenvalue weighted by molar-refractivity contribution is 5.86. The van der Waals surface area contributed by atoms with E-state index in [2.05, 4.69) is 5.32 Å². The molecule has 0 aromatic rings. The summed E-state index contributed by atoms with van der Waals surface area (Å²) in [5, 5.41) is 20.3. The molecular formula is C11H16N2O4. The second-order valence-electron chi connectivity index (χ2n) is 3.97. The Bertz CT molecular complexity index is 337. The van der Waals surface area contributed by atoms with Gasteiger partial charge in [0.15, 0.2) is 0 Å². The zero-order chi connectivity index (χ0) is 12.8. The quantitative estimate of drug-likeness (QED) is 0.513. The summed E-state index contributed by atoms with van der Waals surface area (Å²) < 4.78 is 4.86. The lowest BCUT2D eigenvalue weighted by atomic mass is 9.95. The number of nitriles is 1. The van der Waals surface area contributed by atoms with Crippen molar-refractivity contribution in [2.75, 3.05) is 13.2 Å². The molecule has 6 nitrogen and oxygen atoms in total. The molecule has 17 heavy (non-hydrogen) atoms. The minimum absolute atomic E-state index is 0.0963. The fourth-order valence-electron chi connectivity index (χ4n) is 2.07. The minimum atomic E-state index is -0.665. The molecule has 6 heteroatoms. The third-order valence-corrected chi connectivity index (χ3v) is 2.81. The monoisotopic (exact) mass is 240 g/mol. The van der Waals surface area contributed by atoms with E-state index in [9.17, 15) is 14.7 Å². The first-order chi connectivity index (χ1) is 8.10. The number of esters is 1. The standard InChI is InChI=1S/C11H16N2O4/c1-2-17-11(16)9-6-7(14)5-8(9)10(15)13-4-3-12/h7-9,14H,2,4-6H2,1H3,(H,13,15). The van der Waals surface area contributed by atoms with Gasteiger partial charge in [-0.1, -0.05) is 0 Å². The molecule has 3 atom stereocenters. The predicted octanol–water partition coefficient (Wildman–Crippen LogP) is -0.424. The molecule has 2 N–H and O–H groups in total. The van der Waals surface area contributed by atoms with Crippen molar-refractivity contribution in [3.8, 4) is 6.07 Å². The van der Waals surface area contributed by atoms with E-state index in [1.165, 1.54) is 0 Å². The van der Waals surface area contributed by atoms with Crippen molar-refractivity contribution in [3.05, 3.63) is 0 Å². The van der Waals surface area contributed by atoms with Crippen LogP contribution in [0.15, 0.2) is 0 Å². The Morgan fingerprint density at radius 3 is 2.71 bits per heavy atom. The van der Waals surface area contributed by atoms with E-state index in [0.717, 1.165) is 0 Å². The van der Waals surface area contributed by atoms with Crippen LogP contribution in [-0.4, -0.2) is 36.2 Å². The van der Waals surface area contributed by atoms with Crippen molar-refractivity contribution in [3.63, 3.8) is 0 Å². The number of carbonyl (C=O) groups is 2. The van der Waals surface area contributed by atoms with Crippen LogP contribution < -0.4 is 5.32 Å². The van der Waals surface area contributed by atoms with Crippen LogP contribution in [0.4, 0.5) is 0 Å². The highest BCUT2D eigenvalue weighted by Crippen LogP contribution is 2.33. The average Bonchev–Trinajstić information content (AvgIpc) is 2.68. The topological polar surface area (TPSA) is 99.4 Å². The molecule has 1 aliphatic carbocycles. The Morgan fingerprint density at radius 2 is 2.12 bits per heavy atom. The summed E-state index contributed by atoms with van der Waals surface area (Å²) in [7, 11) is 0. The van der Waals surface area contributed by atoms with E-state index in [4.69, 9.17) is 10.00 Å². The van der Waals surface area contributed by atoms with Crippen molar-refractivity contribution >= 4 is 11.9 Å².